The molecule has 6 nitrogen and oxygen atoms in total. The van der Waals surface area contributed by atoms with Gasteiger partial charge in [-0.15, -0.1) is 0 Å². The van der Waals surface area contributed by atoms with E-state index in [1.807, 2.05) is 0 Å². The van der Waals surface area contributed by atoms with Crippen LogP contribution in [0.15, 0.2) is 12.3 Å². The molecule has 0 bridgehead atoms. The highest BCUT2D eigenvalue weighted by Crippen LogP contribution is 2.15. The molecule has 1 fully saturated rings. The number of nitrogens with one attached hydrogen (secondary N) is 2. The molecule has 1 saturated heterocycles. The molecule has 0 unspecified atom stereocenters. The van der Waals surface area contributed by atoms with Crippen LogP contribution in [0, 0.1) is 6.92 Å². The molecular weight excluding hydrogens is 246 g/mol. The number of aryl methyl sites for hydroxylation is 1. The van der Waals surface area contributed by atoms with Gasteiger partial charge in [0.2, 0.25) is 5.88 Å². The number of nitrogens with zero attached hydrogens (tertiary/aromatic N) is 1. The molecule has 6 heteroatoms. The molecule has 2 N–H and O–H groups in total. The lowest BCUT2D eigenvalue weighted by Crippen LogP contribution is -2.43. The molecule has 1 aliphatic rings. The summed E-state index contributed by atoms with van der Waals surface area (Å²) < 4.78 is 5.15. The molecule has 102 valence electrons. The van der Waals surface area contributed by atoms with Crippen molar-refractivity contribution in [2.24, 2.45) is 0 Å². The van der Waals surface area contributed by atoms with E-state index in [0.717, 1.165) is 25.9 Å². The summed E-state index contributed by atoms with van der Waals surface area (Å²) >= 11 is 0. The first-order valence-electron chi connectivity index (χ1n) is 6.30. The number of hydrogen-bond acceptors (Lipinski definition) is 5. The molecule has 1 aromatic heterocycles. The molecular formula is C13H17N3O3. The molecule has 1 amide bonds. The molecule has 19 heavy (non-hydrogen) atoms. The monoisotopic (exact) mass is 263 g/mol. The Morgan fingerprint density at radius 3 is 2.89 bits per heavy atom. The van der Waals surface area contributed by atoms with Gasteiger partial charge >= 0.3 is 6.09 Å². The maximum atomic E-state index is 11.7. The molecule has 2 heterocycles. The number of ether oxygens (including phenoxy) is 1. The first-order valence-corrected chi connectivity index (χ1v) is 6.30. The Hall–Kier alpha value is -1.95. The summed E-state index contributed by atoms with van der Waals surface area (Å²) in [7, 11) is 0. The van der Waals surface area contributed by atoms with Crippen molar-refractivity contribution in [3.05, 3.63) is 23.4 Å². The Morgan fingerprint density at radius 1 is 1.53 bits per heavy atom. The normalized spacial score (nSPS) is 15.8. The van der Waals surface area contributed by atoms with Crippen LogP contribution >= 0.6 is 0 Å². The second-order valence-electron chi connectivity index (χ2n) is 4.57. The predicted molar refractivity (Wildman–Crippen MR) is 69.4 cm³/mol. The maximum absolute atomic E-state index is 11.7. The molecule has 0 aliphatic carbocycles. The van der Waals surface area contributed by atoms with Gasteiger partial charge < -0.3 is 15.4 Å². The number of hydrogen-bond donors (Lipinski definition) is 2. The van der Waals surface area contributed by atoms with E-state index in [0.29, 0.717) is 17.4 Å². The lowest BCUT2D eigenvalue weighted by Gasteiger charge is -2.23. The van der Waals surface area contributed by atoms with E-state index in [9.17, 15) is 9.59 Å². The number of rotatable bonds is 3. The Morgan fingerprint density at radius 2 is 2.26 bits per heavy atom. The van der Waals surface area contributed by atoms with Crippen LogP contribution in [0.1, 0.15) is 28.8 Å². The first-order chi connectivity index (χ1) is 9.19. The lowest BCUT2D eigenvalue weighted by atomic mass is 10.1. The van der Waals surface area contributed by atoms with Crippen LogP contribution in [0.4, 0.5) is 4.79 Å². The van der Waals surface area contributed by atoms with Crippen molar-refractivity contribution in [3.63, 3.8) is 0 Å². The van der Waals surface area contributed by atoms with Crippen LogP contribution in [0.2, 0.25) is 0 Å². The van der Waals surface area contributed by atoms with Gasteiger partial charge in [0, 0.05) is 23.4 Å². The standard InChI is InChI=1S/C13H17N3O3/c1-9-6-10(8-17)7-15-12(9)19-13(18)16-11-2-4-14-5-3-11/h6-8,11,14H,2-5H2,1H3,(H,16,18). The zero-order valence-corrected chi connectivity index (χ0v) is 10.8. The van der Waals surface area contributed by atoms with Gasteiger partial charge in [-0.1, -0.05) is 0 Å². The third kappa shape index (κ3) is 3.75. The summed E-state index contributed by atoms with van der Waals surface area (Å²) in [5.74, 6) is 0.233. The second kappa shape index (κ2) is 6.29. The van der Waals surface area contributed by atoms with Crippen LogP contribution < -0.4 is 15.4 Å². The van der Waals surface area contributed by atoms with E-state index in [1.54, 1.807) is 13.0 Å². The van der Waals surface area contributed by atoms with Crippen LogP contribution in [0.3, 0.4) is 0 Å². The fourth-order valence-electron chi connectivity index (χ4n) is 2.01. The summed E-state index contributed by atoms with van der Waals surface area (Å²) in [4.78, 5) is 26.3. The van der Waals surface area contributed by atoms with E-state index in [-0.39, 0.29) is 11.9 Å². The van der Waals surface area contributed by atoms with Gasteiger partial charge in [0.05, 0.1) is 0 Å². The number of pyridine rings is 1. The molecule has 0 atom stereocenters. The maximum Gasteiger partial charge on any atom is 0.414 e. The van der Waals surface area contributed by atoms with Gasteiger partial charge in [0.25, 0.3) is 0 Å². The van der Waals surface area contributed by atoms with Gasteiger partial charge in [-0.25, -0.2) is 9.78 Å². The largest absolute Gasteiger partial charge is 0.414 e. The number of aldehydes is 1. The number of carbonyl (C=O) groups is 2. The van der Waals surface area contributed by atoms with Gasteiger partial charge in [0.15, 0.2) is 6.29 Å². The Labute approximate surface area is 111 Å². The zero-order valence-electron chi connectivity index (χ0n) is 10.8. The quantitative estimate of drug-likeness (QED) is 0.796. The second-order valence-corrected chi connectivity index (χ2v) is 4.57. The average Bonchev–Trinajstić information content (AvgIpc) is 2.42. The smallest absolute Gasteiger partial charge is 0.391 e. The Balaban J connectivity index is 1.92. The number of carbonyl (C=O) groups excluding carboxylic acids is 2. The lowest BCUT2D eigenvalue weighted by molar-refractivity contribution is 0.112. The van der Waals surface area contributed by atoms with Crippen molar-refractivity contribution < 1.29 is 14.3 Å². The third-order valence-electron chi connectivity index (χ3n) is 3.04. The molecule has 1 aromatic rings. The summed E-state index contributed by atoms with van der Waals surface area (Å²) in [5.41, 5.74) is 1.12. The van der Waals surface area contributed by atoms with E-state index in [4.69, 9.17) is 4.74 Å². The number of amides is 1. The van der Waals surface area contributed by atoms with Crippen molar-refractivity contribution in [1.82, 2.24) is 15.6 Å². The van der Waals surface area contributed by atoms with Crippen LogP contribution in [-0.2, 0) is 0 Å². The van der Waals surface area contributed by atoms with E-state index in [1.165, 1.54) is 6.20 Å². The van der Waals surface area contributed by atoms with Crippen molar-refractivity contribution >= 4 is 12.4 Å². The van der Waals surface area contributed by atoms with Crippen LogP contribution in [-0.4, -0.2) is 36.5 Å². The topological polar surface area (TPSA) is 80.3 Å². The third-order valence-corrected chi connectivity index (χ3v) is 3.04. The van der Waals surface area contributed by atoms with Crippen molar-refractivity contribution in [3.8, 4) is 5.88 Å². The summed E-state index contributed by atoms with van der Waals surface area (Å²) in [6.07, 6.45) is 3.38. The molecule has 0 saturated carbocycles. The number of aromatic nitrogens is 1. The summed E-state index contributed by atoms with van der Waals surface area (Å²) in [5, 5.41) is 6.03. The van der Waals surface area contributed by atoms with Gasteiger partial charge in [0.1, 0.15) is 0 Å². The van der Waals surface area contributed by atoms with Gasteiger partial charge in [-0.2, -0.15) is 0 Å². The average molecular weight is 263 g/mol. The Bertz CT molecular complexity index is 470. The van der Waals surface area contributed by atoms with Crippen molar-refractivity contribution in [2.45, 2.75) is 25.8 Å². The molecule has 1 aliphatic heterocycles. The van der Waals surface area contributed by atoms with Crippen LogP contribution in [0.5, 0.6) is 5.88 Å². The van der Waals surface area contributed by atoms with E-state index >= 15 is 0 Å². The number of piperidine rings is 1. The van der Waals surface area contributed by atoms with Crippen LogP contribution in [0.25, 0.3) is 0 Å². The van der Waals surface area contributed by atoms with Gasteiger partial charge in [-0.3, -0.25) is 4.79 Å². The molecule has 0 radical (unpaired) electrons. The Kier molecular flexibility index (Phi) is 4.46. The SMILES string of the molecule is Cc1cc(C=O)cnc1OC(=O)NC1CCNCC1. The van der Waals surface area contributed by atoms with E-state index in [2.05, 4.69) is 15.6 Å². The predicted octanol–water partition coefficient (Wildman–Crippen LogP) is 1.04. The highest BCUT2D eigenvalue weighted by molar-refractivity contribution is 5.75. The van der Waals surface area contributed by atoms with E-state index < -0.39 is 6.09 Å². The zero-order chi connectivity index (χ0) is 13.7. The summed E-state index contributed by atoms with van der Waals surface area (Å²) in [6.45, 7) is 3.54. The minimum atomic E-state index is -0.499. The fraction of sp³-hybridized carbons (Fsp3) is 0.462. The summed E-state index contributed by atoms with van der Waals surface area (Å²) in [6, 6.07) is 1.77. The molecule has 0 spiro atoms. The van der Waals surface area contributed by atoms with Gasteiger partial charge in [-0.05, 0) is 38.9 Å². The highest BCUT2D eigenvalue weighted by Gasteiger charge is 2.17. The minimum Gasteiger partial charge on any atom is -0.391 e. The van der Waals surface area contributed by atoms with Crippen molar-refractivity contribution in [1.29, 1.82) is 0 Å². The molecule has 0 aromatic carbocycles. The minimum absolute atomic E-state index is 0.142. The first kappa shape index (κ1) is 13.5. The molecule has 2 rings (SSSR count). The van der Waals surface area contributed by atoms with Crippen molar-refractivity contribution in [2.75, 3.05) is 13.1 Å². The fourth-order valence-corrected chi connectivity index (χ4v) is 2.01. The highest BCUT2D eigenvalue weighted by atomic mass is 16.6.